The molecule has 5 heteroatoms. The second-order valence-electron chi connectivity index (χ2n) is 5.67. The standard InChI is InChI=1S/C20H18O5/c1-4-23-20(22)18-13(3)24-17-10-9-15(11-16(17)18)25-19(21)14-7-5-12(2)6-8-14/h5-11H,4H2,1-3H3. The molecule has 0 aliphatic carbocycles. The Morgan fingerprint density at radius 3 is 2.40 bits per heavy atom. The van der Waals surface area contributed by atoms with Gasteiger partial charge >= 0.3 is 11.9 Å². The SMILES string of the molecule is CCOC(=O)c1c(C)oc2ccc(OC(=O)c3ccc(C)cc3)cc12. The predicted octanol–water partition coefficient (Wildman–Crippen LogP) is 4.45. The Labute approximate surface area is 145 Å². The fourth-order valence-electron chi connectivity index (χ4n) is 2.58. The fourth-order valence-corrected chi connectivity index (χ4v) is 2.58. The molecule has 3 rings (SSSR count). The molecule has 0 aliphatic rings. The molecule has 0 fully saturated rings. The van der Waals surface area contributed by atoms with Gasteiger partial charge in [0.2, 0.25) is 0 Å². The topological polar surface area (TPSA) is 65.7 Å². The first-order chi connectivity index (χ1) is 12.0. The van der Waals surface area contributed by atoms with Crippen molar-refractivity contribution in [2.24, 2.45) is 0 Å². The molecule has 0 aliphatic heterocycles. The number of furan rings is 1. The number of carbonyl (C=O) groups excluding carboxylic acids is 2. The van der Waals surface area contributed by atoms with Gasteiger partial charge in [0.25, 0.3) is 0 Å². The third-order valence-corrected chi connectivity index (χ3v) is 3.81. The van der Waals surface area contributed by atoms with Crippen molar-refractivity contribution in [2.45, 2.75) is 20.8 Å². The summed E-state index contributed by atoms with van der Waals surface area (Å²) in [6, 6.07) is 12.0. The lowest BCUT2D eigenvalue weighted by atomic mass is 10.1. The Bertz CT molecular complexity index is 935. The minimum Gasteiger partial charge on any atom is -0.462 e. The van der Waals surface area contributed by atoms with E-state index in [1.807, 2.05) is 19.1 Å². The van der Waals surface area contributed by atoms with Gasteiger partial charge in [-0.3, -0.25) is 0 Å². The van der Waals surface area contributed by atoms with Crippen LogP contribution >= 0.6 is 0 Å². The normalized spacial score (nSPS) is 10.7. The van der Waals surface area contributed by atoms with Gasteiger partial charge in [0.1, 0.15) is 22.7 Å². The van der Waals surface area contributed by atoms with Gasteiger partial charge in [-0.1, -0.05) is 17.7 Å². The van der Waals surface area contributed by atoms with Crippen molar-refractivity contribution in [1.29, 1.82) is 0 Å². The summed E-state index contributed by atoms with van der Waals surface area (Å²) >= 11 is 0. The number of esters is 2. The van der Waals surface area contributed by atoms with Crippen molar-refractivity contribution < 1.29 is 23.5 Å². The highest BCUT2D eigenvalue weighted by atomic mass is 16.5. The number of aryl methyl sites for hydroxylation is 2. The molecule has 0 atom stereocenters. The Morgan fingerprint density at radius 2 is 1.72 bits per heavy atom. The summed E-state index contributed by atoms with van der Waals surface area (Å²) in [7, 11) is 0. The minimum absolute atomic E-state index is 0.271. The van der Waals surface area contributed by atoms with Crippen molar-refractivity contribution in [3.63, 3.8) is 0 Å². The van der Waals surface area contributed by atoms with Gasteiger partial charge in [-0.05, 0) is 51.1 Å². The Hall–Kier alpha value is -3.08. The van der Waals surface area contributed by atoms with Crippen LogP contribution in [-0.2, 0) is 4.74 Å². The molecule has 0 saturated heterocycles. The first kappa shape index (κ1) is 16.8. The summed E-state index contributed by atoms with van der Waals surface area (Å²) in [5.41, 5.74) is 2.41. The van der Waals surface area contributed by atoms with E-state index >= 15 is 0 Å². The molecule has 0 radical (unpaired) electrons. The van der Waals surface area contributed by atoms with Gasteiger partial charge in [0.05, 0.1) is 12.2 Å². The molecular formula is C20H18O5. The van der Waals surface area contributed by atoms with E-state index in [1.54, 1.807) is 44.2 Å². The Morgan fingerprint density at radius 1 is 1.00 bits per heavy atom. The summed E-state index contributed by atoms with van der Waals surface area (Å²) in [6.45, 7) is 5.66. The minimum atomic E-state index is -0.461. The second-order valence-corrected chi connectivity index (χ2v) is 5.67. The van der Waals surface area contributed by atoms with Crippen molar-refractivity contribution in [1.82, 2.24) is 0 Å². The maximum absolute atomic E-state index is 12.3. The van der Waals surface area contributed by atoms with Gasteiger partial charge in [0.15, 0.2) is 0 Å². The van der Waals surface area contributed by atoms with Crippen molar-refractivity contribution in [3.8, 4) is 5.75 Å². The Balaban J connectivity index is 1.92. The molecule has 0 N–H and O–H groups in total. The number of hydrogen-bond donors (Lipinski definition) is 0. The molecule has 2 aromatic carbocycles. The van der Waals surface area contributed by atoms with Crippen LogP contribution in [0, 0.1) is 13.8 Å². The first-order valence-electron chi connectivity index (χ1n) is 7.98. The highest BCUT2D eigenvalue weighted by Crippen LogP contribution is 2.30. The van der Waals surface area contributed by atoms with E-state index in [2.05, 4.69) is 0 Å². The van der Waals surface area contributed by atoms with Gasteiger partial charge in [-0.15, -0.1) is 0 Å². The van der Waals surface area contributed by atoms with Crippen LogP contribution in [0.5, 0.6) is 5.75 Å². The van der Waals surface area contributed by atoms with E-state index in [0.29, 0.717) is 33.6 Å². The zero-order valence-electron chi connectivity index (χ0n) is 14.3. The largest absolute Gasteiger partial charge is 0.462 e. The monoisotopic (exact) mass is 338 g/mol. The van der Waals surface area contributed by atoms with Crippen LogP contribution in [0.25, 0.3) is 11.0 Å². The molecule has 1 heterocycles. The number of carbonyl (C=O) groups is 2. The molecular weight excluding hydrogens is 320 g/mol. The summed E-state index contributed by atoms with van der Waals surface area (Å²) in [5, 5.41) is 0.560. The molecule has 5 nitrogen and oxygen atoms in total. The van der Waals surface area contributed by atoms with Crippen LogP contribution in [-0.4, -0.2) is 18.5 Å². The number of rotatable bonds is 4. The number of fused-ring (bicyclic) bond motifs is 1. The smallest absolute Gasteiger partial charge is 0.343 e. The van der Waals surface area contributed by atoms with Crippen LogP contribution in [0.15, 0.2) is 46.9 Å². The third-order valence-electron chi connectivity index (χ3n) is 3.81. The molecule has 0 unspecified atom stereocenters. The molecule has 128 valence electrons. The van der Waals surface area contributed by atoms with Gasteiger partial charge in [-0.25, -0.2) is 9.59 Å². The fraction of sp³-hybridized carbons (Fsp3) is 0.200. The lowest BCUT2D eigenvalue weighted by molar-refractivity contribution is 0.0526. The molecule has 0 saturated carbocycles. The van der Waals surface area contributed by atoms with Gasteiger partial charge in [-0.2, -0.15) is 0 Å². The van der Waals surface area contributed by atoms with Crippen LogP contribution in [0.2, 0.25) is 0 Å². The van der Waals surface area contributed by atoms with E-state index in [-0.39, 0.29) is 6.61 Å². The van der Waals surface area contributed by atoms with Crippen LogP contribution in [0.1, 0.15) is 39.0 Å². The van der Waals surface area contributed by atoms with E-state index in [0.717, 1.165) is 5.56 Å². The van der Waals surface area contributed by atoms with Crippen LogP contribution in [0.3, 0.4) is 0 Å². The quantitative estimate of drug-likeness (QED) is 0.519. The average Bonchev–Trinajstić information content (AvgIpc) is 2.91. The lowest BCUT2D eigenvalue weighted by Gasteiger charge is -2.05. The maximum Gasteiger partial charge on any atom is 0.343 e. The van der Waals surface area contributed by atoms with Crippen molar-refractivity contribution in [3.05, 3.63) is 64.9 Å². The van der Waals surface area contributed by atoms with Crippen LogP contribution < -0.4 is 4.74 Å². The molecule has 0 amide bonds. The molecule has 0 spiro atoms. The lowest BCUT2D eigenvalue weighted by Crippen LogP contribution is -2.08. The predicted molar refractivity (Wildman–Crippen MR) is 93.0 cm³/mol. The average molecular weight is 338 g/mol. The first-order valence-corrected chi connectivity index (χ1v) is 7.98. The van der Waals surface area contributed by atoms with Crippen LogP contribution in [0.4, 0.5) is 0 Å². The van der Waals surface area contributed by atoms with Crippen molar-refractivity contribution >= 4 is 22.9 Å². The molecule has 1 aromatic heterocycles. The van der Waals surface area contributed by atoms with Gasteiger partial charge < -0.3 is 13.9 Å². The van der Waals surface area contributed by atoms with E-state index in [9.17, 15) is 9.59 Å². The third kappa shape index (κ3) is 3.40. The summed E-state index contributed by atoms with van der Waals surface area (Å²) in [6.07, 6.45) is 0. The highest BCUT2D eigenvalue weighted by Gasteiger charge is 2.20. The van der Waals surface area contributed by atoms with E-state index in [4.69, 9.17) is 13.9 Å². The van der Waals surface area contributed by atoms with E-state index in [1.165, 1.54) is 0 Å². The van der Waals surface area contributed by atoms with E-state index < -0.39 is 11.9 Å². The molecule has 0 bridgehead atoms. The summed E-state index contributed by atoms with van der Waals surface area (Å²) in [4.78, 5) is 24.4. The summed E-state index contributed by atoms with van der Waals surface area (Å²) in [5.74, 6) is -0.113. The number of hydrogen-bond acceptors (Lipinski definition) is 5. The zero-order valence-corrected chi connectivity index (χ0v) is 14.3. The highest BCUT2D eigenvalue weighted by molar-refractivity contribution is 6.05. The number of benzene rings is 2. The summed E-state index contributed by atoms with van der Waals surface area (Å²) < 4.78 is 16.1. The zero-order chi connectivity index (χ0) is 18.0. The van der Waals surface area contributed by atoms with Crippen molar-refractivity contribution in [2.75, 3.05) is 6.61 Å². The second kappa shape index (κ2) is 6.81. The maximum atomic E-state index is 12.3. The number of ether oxygens (including phenoxy) is 2. The van der Waals surface area contributed by atoms with Gasteiger partial charge in [0, 0.05) is 5.39 Å². The molecule has 3 aromatic rings. The molecule has 25 heavy (non-hydrogen) atoms. The Kier molecular flexibility index (Phi) is 4.57.